The second-order valence-electron chi connectivity index (χ2n) is 6.71. The standard InChI is InChI=1S/C18H23N/c1-17(2)11-6-12-18(17,19)13-15-9-5-8-14-7-3-4-10-16(14)15/h3-5,7-10H,6,11-13,19H2,1-2H3. The van der Waals surface area contributed by atoms with Crippen LogP contribution >= 0.6 is 0 Å². The fourth-order valence-corrected chi connectivity index (χ4v) is 3.55. The Kier molecular flexibility index (Phi) is 2.90. The largest absolute Gasteiger partial charge is 0.324 e. The third-order valence-electron chi connectivity index (χ3n) is 5.16. The summed E-state index contributed by atoms with van der Waals surface area (Å²) in [6.45, 7) is 4.65. The van der Waals surface area contributed by atoms with Crippen LogP contribution < -0.4 is 5.73 Å². The molecule has 1 saturated carbocycles. The monoisotopic (exact) mass is 253 g/mol. The molecule has 1 unspecified atom stereocenters. The number of nitrogens with two attached hydrogens (primary N) is 1. The normalized spacial score (nSPS) is 25.8. The van der Waals surface area contributed by atoms with E-state index < -0.39 is 0 Å². The van der Waals surface area contributed by atoms with E-state index in [0.717, 1.165) is 12.8 Å². The lowest BCUT2D eigenvalue weighted by atomic mass is 9.72. The van der Waals surface area contributed by atoms with Gasteiger partial charge in [-0.25, -0.2) is 0 Å². The molecule has 1 heteroatoms. The molecule has 1 aliphatic rings. The van der Waals surface area contributed by atoms with Crippen LogP contribution in [0.4, 0.5) is 0 Å². The first-order chi connectivity index (χ1) is 9.02. The number of hydrogen-bond donors (Lipinski definition) is 1. The summed E-state index contributed by atoms with van der Waals surface area (Å²) in [6.07, 6.45) is 4.63. The van der Waals surface area contributed by atoms with Crippen molar-refractivity contribution in [3.63, 3.8) is 0 Å². The second-order valence-corrected chi connectivity index (χ2v) is 6.71. The highest BCUT2D eigenvalue weighted by atomic mass is 14.8. The Labute approximate surface area is 115 Å². The molecule has 3 rings (SSSR count). The summed E-state index contributed by atoms with van der Waals surface area (Å²) < 4.78 is 0. The lowest BCUT2D eigenvalue weighted by Gasteiger charge is -2.38. The summed E-state index contributed by atoms with van der Waals surface area (Å²) in [4.78, 5) is 0. The third-order valence-corrected chi connectivity index (χ3v) is 5.16. The molecule has 0 amide bonds. The maximum Gasteiger partial charge on any atom is 0.0247 e. The summed E-state index contributed by atoms with van der Waals surface area (Å²) in [6, 6.07) is 15.2. The van der Waals surface area contributed by atoms with E-state index in [0.29, 0.717) is 0 Å². The molecule has 1 nitrogen and oxygen atoms in total. The lowest BCUT2D eigenvalue weighted by molar-refractivity contribution is 0.207. The Morgan fingerprint density at radius 1 is 1.00 bits per heavy atom. The van der Waals surface area contributed by atoms with Crippen LogP contribution in [0.2, 0.25) is 0 Å². The van der Waals surface area contributed by atoms with Gasteiger partial charge < -0.3 is 5.73 Å². The van der Waals surface area contributed by atoms with Gasteiger partial charge in [-0.3, -0.25) is 0 Å². The van der Waals surface area contributed by atoms with Crippen molar-refractivity contribution in [1.29, 1.82) is 0 Å². The van der Waals surface area contributed by atoms with Gasteiger partial charge in [0.2, 0.25) is 0 Å². The third kappa shape index (κ3) is 2.06. The topological polar surface area (TPSA) is 26.0 Å². The molecule has 0 heterocycles. The minimum Gasteiger partial charge on any atom is -0.324 e. The van der Waals surface area contributed by atoms with E-state index in [4.69, 9.17) is 5.73 Å². The first kappa shape index (κ1) is 12.7. The van der Waals surface area contributed by atoms with Crippen molar-refractivity contribution in [3.8, 4) is 0 Å². The predicted molar refractivity (Wildman–Crippen MR) is 82.2 cm³/mol. The van der Waals surface area contributed by atoms with E-state index in [9.17, 15) is 0 Å². The Hall–Kier alpha value is -1.34. The van der Waals surface area contributed by atoms with E-state index in [1.807, 2.05) is 0 Å². The van der Waals surface area contributed by atoms with Crippen LogP contribution in [-0.4, -0.2) is 5.54 Å². The van der Waals surface area contributed by atoms with Crippen molar-refractivity contribution in [2.24, 2.45) is 11.1 Å². The summed E-state index contributed by atoms with van der Waals surface area (Å²) in [7, 11) is 0. The highest BCUT2D eigenvalue weighted by Gasteiger charge is 2.45. The Morgan fingerprint density at radius 2 is 1.74 bits per heavy atom. The van der Waals surface area contributed by atoms with Gasteiger partial charge in [0.1, 0.15) is 0 Å². The highest BCUT2D eigenvalue weighted by Crippen LogP contribution is 2.46. The predicted octanol–water partition coefficient (Wildman–Crippen LogP) is 4.29. The first-order valence-corrected chi connectivity index (χ1v) is 7.27. The summed E-state index contributed by atoms with van der Waals surface area (Å²) in [5.74, 6) is 0. The van der Waals surface area contributed by atoms with Gasteiger partial charge in [-0.2, -0.15) is 0 Å². The van der Waals surface area contributed by atoms with Crippen LogP contribution in [0.3, 0.4) is 0 Å². The first-order valence-electron chi connectivity index (χ1n) is 7.27. The van der Waals surface area contributed by atoms with Crippen molar-refractivity contribution in [2.45, 2.75) is 45.1 Å². The molecule has 2 N–H and O–H groups in total. The van der Waals surface area contributed by atoms with E-state index in [1.165, 1.54) is 29.2 Å². The van der Waals surface area contributed by atoms with Crippen LogP contribution in [0.25, 0.3) is 10.8 Å². The van der Waals surface area contributed by atoms with E-state index in [-0.39, 0.29) is 11.0 Å². The molecule has 19 heavy (non-hydrogen) atoms. The SMILES string of the molecule is CC1(C)CCCC1(N)Cc1cccc2ccccc12. The average Bonchev–Trinajstić information content (AvgIpc) is 2.64. The van der Waals surface area contributed by atoms with Crippen LogP contribution in [-0.2, 0) is 6.42 Å². The van der Waals surface area contributed by atoms with Crippen LogP contribution in [0.15, 0.2) is 42.5 Å². The van der Waals surface area contributed by atoms with Gasteiger partial charge in [-0.15, -0.1) is 0 Å². The van der Waals surface area contributed by atoms with Gasteiger partial charge >= 0.3 is 0 Å². The summed E-state index contributed by atoms with van der Waals surface area (Å²) in [5, 5.41) is 2.68. The molecule has 1 aliphatic carbocycles. The van der Waals surface area contributed by atoms with Crippen molar-refractivity contribution < 1.29 is 0 Å². The molecular formula is C18H23N. The fourth-order valence-electron chi connectivity index (χ4n) is 3.55. The average molecular weight is 253 g/mol. The maximum atomic E-state index is 6.76. The van der Waals surface area contributed by atoms with E-state index in [2.05, 4.69) is 56.3 Å². The molecular weight excluding hydrogens is 230 g/mol. The van der Waals surface area contributed by atoms with E-state index in [1.54, 1.807) is 0 Å². The van der Waals surface area contributed by atoms with E-state index >= 15 is 0 Å². The number of fused-ring (bicyclic) bond motifs is 1. The molecule has 0 radical (unpaired) electrons. The van der Waals surface area contributed by atoms with Gasteiger partial charge in [0.25, 0.3) is 0 Å². The molecule has 2 aromatic rings. The van der Waals surface area contributed by atoms with Crippen LogP contribution in [0.5, 0.6) is 0 Å². The minimum atomic E-state index is -0.0584. The van der Waals surface area contributed by atoms with Gasteiger partial charge in [-0.05, 0) is 41.0 Å². The van der Waals surface area contributed by atoms with Crippen molar-refractivity contribution >= 4 is 10.8 Å². The van der Waals surface area contributed by atoms with Gasteiger partial charge in [-0.1, -0.05) is 62.7 Å². The zero-order valence-electron chi connectivity index (χ0n) is 11.9. The fraction of sp³-hybridized carbons (Fsp3) is 0.444. The van der Waals surface area contributed by atoms with Crippen LogP contribution in [0.1, 0.15) is 38.7 Å². The molecule has 0 spiro atoms. The molecule has 0 saturated heterocycles. The van der Waals surface area contributed by atoms with Crippen molar-refractivity contribution in [3.05, 3.63) is 48.0 Å². The molecule has 1 atom stereocenters. The number of benzene rings is 2. The molecule has 1 fully saturated rings. The minimum absolute atomic E-state index is 0.0584. The molecule has 0 bridgehead atoms. The number of hydrogen-bond acceptors (Lipinski definition) is 1. The molecule has 0 aliphatic heterocycles. The van der Waals surface area contributed by atoms with Gasteiger partial charge in [0.15, 0.2) is 0 Å². The summed E-state index contributed by atoms with van der Waals surface area (Å²) >= 11 is 0. The summed E-state index contributed by atoms with van der Waals surface area (Å²) in [5.41, 5.74) is 8.34. The van der Waals surface area contributed by atoms with Crippen LogP contribution in [0, 0.1) is 5.41 Å². The lowest BCUT2D eigenvalue weighted by Crippen LogP contribution is -2.50. The zero-order chi connectivity index (χ0) is 13.5. The van der Waals surface area contributed by atoms with Gasteiger partial charge in [0.05, 0.1) is 0 Å². The Balaban J connectivity index is 2.02. The van der Waals surface area contributed by atoms with Crippen molar-refractivity contribution in [1.82, 2.24) is 0 Å². The zero-order valence-corrected chi connectivity index (χ0v) is 11.9. The molecule has 0 aromatic heterocycles. The second kappa shape index (κ2) is 4.35. The quantitative estimate of drug-likeness (QED) is 0.849. The molecule has 100 valence electrons. The maximum absolute atomic E-state index is 6.76. The van der Waals surface area contributed by atoms with Gasteiger partial charge in [0, 0.05) is 5.54 Å². The highest BCUT2D eigenvalue weighted by molar-refractivity contribution is 5.85. The van der Waals surface area contributed by atoms with Crippen molar-refractivity contribution in [2.75, 3.05) is 0 Å². The smallest absolute Gasteiger partial charge is 0.0247 e. The Bertz CT molecular complexity index is 594. The molecule has 2 aromatic carbocycles. The Morgan fingerprint density at radius 3 is 2.47 bits per heavy atom. The number of rotatable bonds is 2.